The van der Waals surface area contributed by atoms with Crippen molar-refractivity contribution in [2.45, 2.75) is 52.7 Å². The van der Waals surface area contributed by atoms with Gasteiger partial charge in [0.1, 0.15) is 23.6 Å². The quantitative estimate of drug-likeness (QED) is 0.174. The van der Waals surface area contributed by atoms with Gasteiger partial charge in [-0.25, -0.2) is 19.9 Å². The minimum atomic E-state index is -1.18. The monoisotopic (exact) mass is 742 g/mol. The molecular formula is C34H33B2ClN6O10. The van der Waals surface area contributed by atoms with Gasteiger partial charge in [-0.1, -0.05) is 11.6 Å². The van der Waals surface area contributed by atoms with Gasteiger partial charge in [-0.3, -0.25) is 9.59 Å². The van der Waals surface area contributed by atoms with Crippen molar-refractivity contribution < 1.29 is 48.3 Å². The van der Waals surface area contributed by atoms with Crippen LogP contribution in [0.15, 0.2) is 49.1 Å². The summed E-state index contributed by atoms with van der Waals surface area (Å²) in [4.78, 5) is 38.4. The fourth-order valence-electron chi connectivity index (χ4n) is 5.57. The van der Waals surface area contributed by atoms with Crippen LogP contribution >= 0.6 is 11.6 Å². The second-order valence-electron chi connectivity index (χ2n) is 11.2. The number of aromatic nitrogens is 4. The molecule has 2 aromatic carbocycles. The Kier molecular flexibility index (Phi) is 14.2. The number of nitrogens with zero attached hydrogens (tertiary/aromatic N) is 6. The number of hydrogen-bond acceptors (Lipinski definition) is 16. The fourth-order valence-corrected chi connectivity index (χ4v) is 5.71. The number of benzene rings is 2. The first-order valence-corrected chi connectivity index (χ1v) is 16.5. The predicted octanol–water partition coefficient (Wildman–Crippen LogP) is 2.58. The average Bonchev–Trinajstić information content (AvgIpc) is 3.60. The smallest absolute Gasteiger partial charge is 0.492 e. The second-order valence-corrected chi connectivity index (χ2v) is 11.6. The van der Waals surface area contributed by atoms with E-state index >= 15 is 0 Å². The summed E-state index contributed by atoms with van der Waals surface area (Å²) in [6.45, 7) is 7.69. The summed E-state index contributed by atoms with van der Waals surface area (Å²) in [7, 11) is -2.28. The summed E-state index contributed by atoms with van der Waals surface area (Å²) in [5.74, 6) is -0.222. The number of halogens is 1. The van der Waals surface area contributed by atoms with Crippen molar-refractivity contribution in [3.8, 4) is 29.5 Å². The molecule has 2 aliphatic heterocycles. The molecule has 0 saturated carbocycles. The molecule has 0 fully saturated rings. The average molecular weight is 743 g/mol. The van der Waals surface area contributed by atoms with Crippen molar-refractivity contribution in [2.24, 2.45) is 0 Å². The molecule has 2 atom stereocenters. The van der Waals surface area contributed by atoms with Gasteiger partial charge in [0.15, 0.2) is 10.8 Å². The minimum absolute atomic E-state index is 0.0156. The number of aryl methyl sites for hydroxylation is 2. The van der Waals surface area contributed by atoms with Gasteiger partial charge >= 0.3 is 26.2 Å². The Balaban J connectivity index is 0.000000200. The highest BCUT2D eigenvalue weighted by Crippen LogP contribution is 2.34. The molecule has 19 heteroatoms. The Bertz CT molecular complexity index is 2050. The Morgan fingerprint density at radius 2 is 1.28 bits per heavy atom. The van der Waals surface area contributed by atoms with Crippen LogP contribution < -0.4 is 15.7 Å². The van der Waals surface area contributed by atoms with E-state index in [2.05, 4.69) is 19.9 Å². The van der Waals surface area contributed by atoms with E-state index in [4.69, 9.17) is 45.6 Å². The first-order chi connectivity index (χ1) is 25.4. The van der Waals surface area contributed by atoms with E-state index in [1.54, 1.807) is 45.0 Å². The number of hydrogen-bond donors (Lipinski definition) is 3. The molecule has 0 amide bonds. The van der Waals surface area contributed by atoms with Gasteiger partial charge in [0.25, 0.3) is 5.88 Å². The van der Waals surface area contributed by atoms with Gasteiger partial charge < -0.3 is 38.7 Å². The van der Waals surface area contributed by atoms with Crippen LogP contribution in [0.4, 0.5) is 0 Å². The number of phenolic OH excluding ortho intramolecular Hbond substituents is 1. The van der Waals surface area contributed by atoms with E-state index in [1.807, 2.05) is 13.0 Å². The van der Waals surface area contributed by atoms with Gasteiger partial charge in [-0.2, -0.15) is 10.5 Å². The van der Waals surface area contributed by atoms with Gasteiger partial charge in [0.05, 0.1) is 38.3 Å². The van der Waals surface area contributed by atoms with Crippen LogP contribution in [0, 0.1) is 36.5 Å². The Morgan fingerprint density at radius 1 is 0.792 bits per heavy atom. The Labute approximate surface area is 310 Å². The van der Waals surface area contributed by atoms with Crippen LogP contribution in [0.25, 0.3) is 0 Å². The van der Waals surface area contributed by atoms with E-state index in [0.717, 1.165) is 22.3 Å². The van der Waals surface area contributed by atoms with Crippen molar-refractivity contribution in [1.29, 1.82) is 10.5 Å². The van der Waals surface area contributed by atoms with Crippen molar-refractivity contribution in [2.75, 3.05) is 13.2 Å². The minimum Gasteiger partial charge on any atom is -0.508 e. The highest BCUT2D eigenvalue weighted by Gasteiger charge is 2.39. The third-order valence-electron chi connectivity index (χ3n) is 7.62. The molecule has 4 aromatic rings. The molecular weight excluding hydrogens is 709 g/mol. The summed E-state index contributed by atoms with van der Waals surface area (Å²) >= 11 is 5.43. The lowest BCUT2D eigenvalue weighted by Gasteiger charge is -2.14. The molecule has 2 unspecified atom stereocenters. The first-order valence-electron chi connectivity index (χ1n) is 16.1. The predicted molar refractivity (Wildman–Crippen MR) is 188 cm³/mol. The van der Waals surface area contributed by atoms with E-state index in [0.29, 0.717) is 23.3 Å². The molecule has 0 radical (unpaired) electrons. The molecule has 16 nitrogen and oxygen atoms in total. The fraction of sp³-hybridized carbons (Fsp3) is 0.294. The molecule has 2 aromatic heterocycles. The highest BCUT2D eigenvalue weighted by molar-refractivity contribution is 6.62. The normalized spacial score (nSPS) is 15.0. The van der Waals surface area contributed by atoms with Gasteiger partial charge in [-0.05, 0) is 85.1 Å². The van der Waals surface area contributed by atoms with Crippen molar-refractivity contribution in [3.05, 3.63) is 87.8 Å². The van der Waals surface area contributed by atoms with E-state index in [9.17, 15) is 24.7 Å². The van der Waals surface area contributed by atoms with Crippen LogP contribution in [-0.2, 0) is 28.4 Å². The van der Waals surface area contributed by atoms with Crippen molar-refractivity contribution in [1.82, 2.24) is 19.9 Å². The molecule has 0 spiro atoms. The number of fused-ring (bicyclic) bond motifs is 2. The number of nitriles is 2. The van der Waals surface area contributed by atoms with Crippen molar-refractivity contribution in [3.63, 3.8) is 0 Å². The maximum absolute atomic E-state index is 11.8. The topological polar surface area (TPSA) is 240 Å². The zero-order chi connectivity index (χ0) is 38.7. The summed E-state index contributed by atoms with van der Waals surface area (Å²) in [5, 5.41) is 47.0. The number of carbonyl (C=O) groups is 2. The van der Waals surface area contributed by atoms with E-state index in [-0.39, 0.29) is 53.6 Å². The van der Waals surface area contributed by atoms with Crippen LogP contribution in [-0.4, -0.2) is 74.5 Å². The third-order valence-corrected chi connectivity index (χ3v) is 7.89. The lowest BCUT2D eigenvalue weighted by molar-refractivity contribution is -0.146. The van der Waals surface area contributed by atoms with Gasteiger partial charge in [0, 0.05) is 24.8 Å². The molecule has 272 valence electrons. The third kappa shape index (κ3) is 10.3. The molecule has 2 aliphatic rings. The number of ether oxygens (including phenoxy) is 3. The molecule has 0 aliphatic carbocycles. The van der Waals surface area contributed by atoms with Crippen LogP contribution in [0.5, 0.6) is 17.4 Å². The van der Waals surface area contributed by atoms with Crippen LogP contribution in [0.1, 0.15) is 72.5 Å². The SMILES string of the molecule is CCOC(=O)CC1OB(O)c2cc(O)cc(C)c21.CCOC(=O)CC1OB(O)c2cc(Oc3nccnc3C#N)cc(C)c21.N#Cc1nccnc1Cl. The second kappa shape index (κ2) is 18.7. The Morgan fingerprint density at radius 3 is 1.79 bits per heavy atom. The van der Waals surface area contributed by atoms with Crippen LogP contribution in [0.3, 0.4) is 0 Å². The number of aromatic hydroxyl groups is 1. The van der Waals surface area contributed by atoms with E-state index < -0.39 is 32.4 Å². The van der Waals surface area contributed by atoms with Gasteiger partial charge in [0.2, 0.25) is 5.69 Å². The Hall–Kier alpha value is -5.62. The summed E-state index contributed by atoms with van der Waals surface area (Å²) in [6.07, 6.45) is 4.65. The van der Waals surface area contributed by atoms with E-state index in [1.165, 1.54) is 30.9 Å². The molecule has 0 bridgehead atoms. The molecule has 53 heavy (non-hydrogen) atoms. The number of rotatable bonds is 8. The van der Waals surface area contributed by atoms with Crippen molar-refractivity contribution >= 4 is 48.7 Å². The molecule has 3 N–H and O–H groups in total. The highest BCUT2D eigenvalue weighted by atomic mass is 35.5. The van der Waals surface area contributed by atoms with Gasteiger partial charge in [-0.15, -0.1) is 0 Å². The number of esters is 2. The number of phenols is 1. The molecule has 6 rings (SSSR count). The zero-order valence-corrected chi connectivity index (χ0v) is 29.8. The molecule has 0 saturated heterocycles. The van der Waals surface area contributed by atoms with Crippen LogP contribution in [0.2, 0.25) is 5.15 Å². The maximum Gasteiger partial charge on any atom is 0.492 e. The summed E-state index contributed by atoms with van der Waals surface area (Å²) < 4.78 is 26.3. The lowest BCUT2D eigenvalue weighted by atomic mass is 9.77. The lowest BCUT2D eigenvalue weighted by Crippen LogP contribution is -2.28. The standard InChI is InChI=1S/C17H16BN3O5.C12H15BO5.C5H2ClN3/c1-3-24-15(22)8-14-16-10(2)6-11(7-12(16)18(23)26-14)25-17-13(9-19)20-4-5-21-17;1-3-17-11(15)6-10-12-7(2)4-8(14)5-9(12)13(16)18-10;6-5-4(3-7)8-1-2-9-5/h4-7,14,23H,3,8H2,1-2H3;4-5,10,14,16H,3,6H2,1-2H3;1-2H. The molecule has 4 heterocycles. The maximum atomic E-state index is 11.8. The first kappa shape index (κ1) is 40.2. The number of carbonyl (C=O) groups excluding carboxylic acids is 2. The summed E-state index contributed by atoms with van der Waals surface area (Å²) in [6, 6.07) is 10.1. The summed E-state index contributed by atoms with van der Waals surface area (Å²) in [5.41, 5.74) is 4.31. The largest absolute Gasteiger partial charge is 0.508 e. The zero-order valence-electron chi connectivity index (χ0n) is 29.0.